The van der Waals surface area contributed by atoms with Gasteiger partial charge in [-0.1, -0.05) is 12.1 Å². The molecule has 0 amide bonds. The van der Waals surface area contributed by atoms with E-state index in [1.807, 2.05) is 4.90 Å². The molecule has 0 bridgehead atoms. The maximum absolute atomic E-state index is 13.6. The number of halogens is 2. The average molecular weight is 318 g/mol. The van der Waals surface area contributed by atoms with Crippen molar-refractivity contribution in [3.05, 3.63) is 35.4 Å². The summed E-state index contributed by atoms with van der Waals surface area (Å²) in [5, 5.41) is 0. The zero-order valence-corrected chi connectivity index (χ0v) is 12.6. The topological polar surface area (TPSA) is 63.4 Å². The van der Waals surface area contributed by atoms with Crippen LogP contribution >= 0.6 is 0 Å². The molecule has 0 aliphatic carbocycles. The van der Waals surface area contributed by atoms with Crippen LogP contribution in [0.4, 0.5) is 8.78 Å². The van der Waals surface area contributed by atoms with E-state index in [1.54, 1.807) is 0 Å². The third-order valence-electron chi connectivity index (χ3n) is 3.79. The fourth-order valence-corrected chi connectivity index (χ4v) is 3.81. The highest BCUT2D eigenvalue weighted by molar-refractivity contribution is 7.91. The first-order valence-corrected chi connectivity index (χ1v) is 8.83. The highest BCUT2D eigenvalue weighted by Crippen LogP contribution is 2.20. The van der Waals surface area contributed by atoms with Gasteiger partial charge >= 0.3 is 0 Å². The van der Waals surface area contributed by atoms with Crippen LogP contribution in [0.1, 0.15) is 24.4 Å². The van der Waals surface area contributed by atoms with Gasteiger partial charge in [-0.15, -0.1) is 0 Å². The van der Waals surface area contributed by atoms with Crippen LogP contribution in [0.3, 0.4) is 0 Å². The second-order valence-electron chi connectivity index (χ2n) is 5.39. The van der Waals surface area contributed by atoms with Gasteiger partial charge in [0.1, 0.15) is 0 Å². The van der Waals surface area contributed by atoms with Gasteiger partial charge in [-0.05, 0) is 32.0 Å². The lowest BCUT2D eigenvalue weighted by atomic mass is 10.0. The third kappa shape index (κ3) is 4.46. The molecule has 0 radical (unpaired) electrons. The van der Waals surface area contributed by atoms with Gasteiger partial charge in [0.15, 0.2) is 21.5 Å². The van der Waals surface area contributed by atoms with Crippen molar-refractivity contribution >= 4 is 9.84 Å². The molecule has 1 aromatic rings. The predicted octanol–water partition coefficient (Wildman–Crippen LogP) is 1.48. The van der Waals surface area contributed by atoms with Crippen molar-refractivity contribution in [2.75, 3.05) is 31.1 Å². The van der Waals surface area contributed by atoms with Crippen molar-refractivity contribution < 1.29 is 17.2 Å². The van der Waals surface area contributed by atoms with Gasteiger partial charge < -0.3 is 10.6 Å². The Morgan fingerprint density at radius 3 is 2.76 bits per heavy atom. The van der Waals surface area contributed by atoms with Crippen LogP contribution in [0.2, 0.25) is 0 Å². The Kier molecular flexibility index (Phi) is 5.29. The first-order valence-electron chi connectivity index (χ1n) is 7.01. The van der Waals surface area contributed by atoms with E-state index in [0.29, 0.717) is 32.5 Å². The maximum atomic E-state index is 13.6. The summed E-state index contributed by atoms with van der Waals surface area (Å²) in [6, 6.07) is 3.38. The van der Waals surface area contributed by atoms with Crippen molar-refractivity contribution in [3.8, 4) is 0 Å². The summed E-state index contributed by atoms with van der Waals surface area (Å²) < 4.78 is 49.8. The summed E-state index contributed by atoms with van der Waals surface area (Å²) in [4.78, 5) is 2.02. The fraction of sp³-hybridized carbons (Fsp3) is 0.571. The lowest BCUT2D eigenvalue weighted by molar-refractivity contribution is 0.282. The molecule has 0 saturated carbocycles. The molecule has 118 valence electrons. The summed E-state index contributed by atoms with van der Waals surface area (Å²) in [6.45, 7) is 1.74. The Bertz CT molecular complexity index is 593. The molecule has 1 saturated heterocycles. The molecular formula is C14H20F2N2O2S. The molecule has 1 heterocycles. The number of nitrogens with zero attached hydrogens (tertiary/aromatic N) is 1. The fourth-order valence-electron chi connectivity index (χ4n) is 2.50. The van der Waals surface area contributed by atoms with E-state index in [4.69, 9.17) is 5.73 Å². The molecule has 21 heavy (non-hydrogen) atoms. The molecule has 1 aromatic carbocycles. The van der Waals surface area contributed by atoms with Gasteiger partial charge in [-0.25, -0.2) is 17.2 Å². The molecule has 1 fully saturated rings. The molecule has 1 aliphatic heterocycles. The van der Waals surface area contributed by atoms with Crippen LogP contribution in [0.5, 0.6) is 0 Å². The smallest absolute Gasteiger partial charge is 0.163 e. The van der Waals surface area contributed by atoms with Crippen molar-refractivity contribution in [3.63, 3.8) is 0 Å². The number of benzene rings is 1. The van der Waals surface area contributed by atoms with Gasteiger partial charge in [0.25, 0.3) is 0 Å². The molecule has 2 rings (SSSR count). The second kappa shape index (κ2) is 6.81. The van der Waals surface area contributed by atoms with E-state index < -0.39 is 27.5 Å². The van der Waals surface area contributed by atoms with E-state index in [9.17, 15) is 17.2 Å². The molecule has 1 unspecified atom stereocenters. The predicted molar refractivity (Wildman–Crippen MR) is 77.6 cm³/mol. The second-order valence-corrected chi connectivity index (χ2v) is 7.69. The number of rotatable bonds is 4. The first kappa shape index (κ1) is 16.3. The van der Waals surface area contributed by atoms with Gasteiger partial charge in [0.2, 0.25) is 0 Å². The molecule has 0 spiro atoms. The standard InChI is InChI=1S/C14H20F2N2O2S/c15-12-4-1-3-11(14(12)16)13(17)5-7-18-6-2-9-21(19,20)10-8-18/h1,3-4,13H,2,5-10,17H2. The zero-order chi connectivity index (χ0) is 15.5. The van der Waals surface area contributed by atoms with Crippen molar-refractivity contribution in [1.29, 1.82) is 0 Å². The van der Waals surface area contributed by atoms with E-state index in [1.165, 1.54) is 12.1 Å². The summed E-state index contributed by atoms with van der Waals surface area (Å²) >= 11 is 0. The minimum atomic E-state index is -2.94. The van der Waals surface area contributed by atoms with E-state index >= 15 is 0 Å². The van der Waals surface area contributed by atoms with Crippen LogP contribution in [0.15, 0.2) is 18.2 Å². The largest absolute Gasteiger partial charge is 0.324 e. The van der Waals surface area contributed by atoms with Crippen LogP contribution in [0, 0.1) is 11.6 Å². The minimum absolute atomic E-state index is 0.149. The van der Waals surface area contributed by atoms with Gasteiger partial charge in [-0.2, -0.15) is 0 Å². The molecule has 0 aromatic heterocycles. The zero-order valence-electron chi connectivity index (χ0n) is 11.8. The van der Waals surface area contributed by atoms with Gasteiger partial charge in [0.05, 0.1) is 11.5 Å². The number of hydrogen-bond acceptors (Lipinski definition) is 4. The summed E-state index contributed by atoms with van der Waals surface area (Å²) in [7, 11) is -2.94. The van der Waals surface area contributed by atoms with Crippen LogP contribution in [-0.4, -0.2) is 44.5 Å². The van der Waals surface area contributed by atoms with Crippen molar-refractivity contribution in [2.24, 2.45) is 5.73 Å². The third-order valence-corrected chi connectivity index (χ3v) is 5.50. The monoisotopic (exact) mass is 318 g/mol. The molecule has 7 heteroatoms. The van der Waals surface area contributed by atoms with Gasteiger partial charge in [-0.3, -0.25) is 0 Å². The maximum Gasteiger partial charge on any atom is 0.163 e. The summed E-state index contributed by atoms with van der Waals surface area (Å²) in [6.07, 6.45) is 1.06. The normalized spacial score (nSPS) is 20.9. The number of hydrogen-bond donors (Lipinski definition) is 1. The average Bonchev–Trinajstić information content (AvgIpc) is 2.60. The molecular weight excluding hydrogens is 298 g/mol. The number of nitrogens with two attached hydrogens (primary N) is 1. The molecule has 1 atom stereocenters. The minimum Gasteiger partial charge on any atom is -0.324 e. The number of sulfone groups is 1. The Labute approximate surface area is 123 Å². The Hall–Kier alpha value is -1.05. The SMILES string of the molecule is NC(CCN1CCCS(=O)(=O)CC1)c1cccc(F)c1F. The Balaban J connectivity index is 1.92. The van der Waals surface area contributed by atoms with Gasteiger partial charge in [0, 0.05) is 18.2 Å². The highest BCUT2D eigenvalue weighted by Gasteiger charge is 2.20. The van der Waals surface area contributed by atoms with Crippen LogP contribution < -0.4 is 5.73 Å². The van der Waals surface area contributed by atoms with E-state index in [-0.39, 0.29) is 17.1 Å². The Morgan fingerprint density at radius 2 is 2.00 bits per heavy atom. The van der Waals surface area contributed by atoms with Crippen LogP contribution in [0.25, 0.3) is 0 Å². The lowest BCUT2D eigenvalue weighted by Gasteiger charge is -2.21. The van der Waals surface area contributed by atoms with Crippen LogP contribution in [-0.2, 0) is 9.84 Å². The van der Waals surface area contributed by atoms with Crippen molar-refractivity contribution in [2.45, 2.75) is 18.9 Å². The molecule has 2 N–H and O–H groups in total. The Morgan fingerprint density at radius 1 is 1.24 bits per heavy atom. The molecule has 1 aliphatic rings. The van der Waals surface area contributed by atoms with E-state index in [0.717, 1.165) is 6.07 Å². The van der Waals surface area contributed by atoms with E-state index in [2.05, 4.69) is 0 Å². The quantitative estimate of drug-likeness (QED) is 0.913. The lowest BCUT2D eigenvalue weighted by Crippen LogP contribution is -2.30. The molecule has 4 nitrogen and oxygen atoms in total. The summed E-state index contributed by atoms with van der Waals surface area (Å²) in [5.74, 6) is -1.43. The summed E-state index contributed by atoms with van der Waals surface area (Å²) in [5.41, 5.74) is 6.09. The highest BCUT2D eigenvalue weighted by atomic mass is 32.2. The van der Waals surface area contributed by atoms with Crippen molar-refractivity contribution in [1.82, 2.24) is 4.90 Å². The first-order chi connectivity index (χ1) is 9.89.